The molecule has 0 aliphatic carbocycles. The molecule has 0 fully saturated rings. The van der Waals surface area contributed by atoms with E-state index < -0.39 is 31.9 Å². The van der Waals surface area contributed by atoms with Crippen LogP contribution < -0.4 is 58.5 Å². The van der Waals surface area contributed by atoms with Gasteiger partial charge in [0.25, 0.3) is 0 Å². The van der Waals surface area contributed by atoms with Crippen molar-refractivity contribution in [3.05, 3.63) is 214 Å². The Bertz CT molecular complexity index is 5200. The minimum absolute atomic E-state index is 0.0123. The maximum Gasteiger partial charge on any atom is 0.161 e. The first kappa shape index (κ1) is 110. The van der Waals surface area contributed by atoms with Gasteiger partial charge in [0.2, 0.25) is 0 Å². The number of nitrogens with zero attached hydrogens (tertiary/aromatic N) is 10. The number of ether oxygens (including phenoxy) is 2. The van der Waals surface area contributed by atoms with Gasteiger partial charge in [0.15, 0.2) is 11.5 Å². The monoisotopic (exact) mass is 1930 g/mol. The van der Waals surface area contributed by atoms with Crippen LogP contribution in [0.25, 0.3) is 0 Å². The first-order valence-corrected chi connectivity index (χ1v) is 51.8. The van der Waals surface area contributed by atoms with Gasteiger partial charge in [-0.05, 0) is 494 Å². The number of hydrogen-bond donors (Lipinski definition) is 0. The van der Waals surface area contributed by atoms with Crippen molar-refractivity contribution < 1.29 is 21.8 Å². The van der Waals surface area contributed by atoms with E-state index in [9.17, 15) is 0 Å². The zero-order valence-corrected chi connectivity index (χ0v) is 101. The third kappa shape index (κ3) is 35.4. The molecule has 0 atom stereocenters. The van der Waals surface area contributed by atoms with Crippen molar-refractivity contribution in [2.45, 2.75) is 501 Å². The van der Waals surface area contributed by atoms with Crippen molar-refractivity contribution in [2.24, 2.45) is 0 Å². The quantitative estimate of drug-likeness (QED) is 0.0650. The first-order chi connectivity index (χ1) is 66.4. The van der Waals surface area contributed by atoms with Crippen molar-refractivity contribution in [3.63, 3.8) is 0 Å². The van der Waals surface area contributed by atoms with E-state index in [2.05, 4.69) is 447 Å². The minimum Gasteiger partial charge on any atom is -0.484 e. The summed E-state index contributed by atoms with van der Waals surface area (Å²) in [6.07, 6.45) is 1.85. The van der Waals surface area contributed by atoms with Gasteiger partial charge in [-0.25, -0.2) is 0 Å². The molecule has 0 N–H and O–H groups in total. The Kier molecular flexibility index (Phi) is 37.0. The van der Waals surface area contributed by atoms with E-state index in [-0.39, 0.29) is 77.7 Å². The molecule has 0 bridgehead atoms. The lowest BCUT2D eigenvalue weighted by atomic mass is 9.78. The summed E-state index contributed by atoms with van der Waals surface area (Å²) in [4.78, 5) is 22.7. The van der Waals surface area contributed by atoms with Gasteiger partial charge >= 0.3 is 0 Å². The summed E-state index contributed by atoms with van der Waals surface area (Å²) in [5.74, 6) is 1.59. The van der Waals surface area contributed by atoms with Gasteiger partial charge in [-0.2, -0.15) is 0 Å². The smallest absolute Gasteiger partial charge is 0.161 e. The van der Waals surface area contributed by atoms with E-state index in [4.69, 9.17) is 21.8 Å². The SMILES string of the molecule is CC(C)(C)Oc1ccccc1OC(C)(C)C.CC(C)N(c1ccccc1N(C(C)C)C(C)(C)C)C(C)(C)C.CN(c1ccccc1N(C)C(C)(C)C)C(C)(C)C.Cc1cccc(C)c1N(C(C)(C)C)C(C)(C)CC(C)(C)N(c1c(C)cccc1C)C(C)(C)C.[2H]C([2H])([2H])N(c1ccccc1N(C([2H])([2H])[2H])C(C)(C)C)C(C)(C)C.[2H]C([2H])([2H])c1cccc(C)c1N(C(C)(C)C)C(C)(C)CC(C)(C)N(c1c(C)cccc1C)C(C)(C)C. The van der Waals surface area contributed by atoms with E-state index >= 15 is 0 Å². The summed E-state index contributed by atoms with van der Waals surface area (Å²) in [7, 11) is 4.32. The van der Waals surface area contributed by atoms with Crippen LogP contribution >= 0.6 is 0 Å². The van der Waals surface area contributed by atoms with E-state index in [1.54, 1.807) is 71.9 Å². The normalized spacial score (nSPS) is 14.1. The summed E-state index contributed by atoms with van der Waals surface area (Å²) in [5, 5.41) is 0. The van der Waals surface area contributed by atoms with Gasteiger partial charge < -0.3 is 58.5 Å². The topological polar surface area (TPSA) is 50.9 Å². The lowest BCUT2D eigenvalue weighted by Gasteiger charge is -2.57. The van der Waals surface area contributed by atoms with Crippen molar-refractivity contribution in [1.82, 2.24) is 0 Å². The maximum atomic E-state index is 8.30. The molecule has 0 radical (unpaired) electrons. The highest BCUT2D eigenvalue weighted by Crippen LogP contribution is 2.50. The third-order valence-corrected chi connectivity index (χ3v) is 25.2. The molecule has 0 aromatic heterocycles. The van der Waals surface area contributed by atoms with Crippen LogP contribution in [0.2, 0.25) is 0 Å². The summed E-state index contributed by atoms with van der Waals surface area (Å²) >= 11 is 0. The Balaban J connectivity index is 0.000000469. The Labute approximate surface area is 878 Å². The van der Waals surface area contributed by atoms with Crippen LogP contribution in [0.3, 0.4) is 0 Å². The predicted octanol–water partition coefficient (Wildman–Crippen LogP) is 35.6. The molecule has 12 nitrogen and oxygen atoms in total. The van der Waals surface area contributed by atoms with Gasteiger partial charge in [-0.1, -0.05) is 121 Å². The maximum absolute atomic E-state index is 8.30. The zero-order chi connectivity index (χ0) is 117. The molecule has 0 amide bonds. The highest BCUT2D eigenvalue weighted by atomic mass is 16.5. The van der Waals surface area contributed by atoms with Crippen molar-refractivity contribution in [2.75, 3.05) is 77.0 Å². The number of para-hydroxylation sites is 12. The molecule has 0 aliphatic heterocycles. The second-order valence-electron chi connectivity index (χ2n) is 54.4. The average Bonchev–Trinajstić information content (AvgIpc) is 0.732. The second-order valence-corrected chi connectivity index (χ2v) is 54.4. The molecule has 8 rings (SSSR count). The molecule has 0 saturated carbocycles. The molecule has 0 unspecified atom stereocenters. The highest BCUT2D eigenvalue weighted by molar-refractivity contribution is 5.76. The average molecular weight is 1930 g/mol. The van der Waals surface area contributed by atoms with Gasteiger partial charge in [-0.15, -0.1) is 0 Å². The molecule has 788 valence electrons. The number of rotatable bonds is 22. The fourth-order valence-electron chi connectivity index (χ4n) is 21.3. The van der Waals surface area contributed by atoms with Gasteiger partial charge in [0.1, 0.15) is 11.2 Å². The van der Waals surface area contributed by atoms with E-state index in [1.807, 2.05) is 84.9 Å². The first-order valence-electron chi connectivity index (χ1n) is 56.3. The van der Waals surface area contributed by atoms with Gasteiger partial charge in [0, 0.05) is 153 Å². The van der Waals surface area contributed by atoms with Crippen molar-refractivity contribution in [1.29, 1.82) is 0 Å². The highest BCUT2D eigenvalue weighted by Gasteiger charge is 2.48. The molecule has 0 aliphatic rings. The fraction of sp³-hybridized carbons (Fsp3) is 0.625. The second kappa shape index (κ2) is 47.0. The van der Waals surface area contributed by atoms with Crippen LogP contribution in [0.4, 0.5) is 56.9 Å². The molecule has 0 heterocycles. The molecular weight excluding hydrogens is 1710 g/mol. The van der Waals surface area contributed by atoms with Crippen LogP contribution in [0.5, 0.6) is 11.5 Å². The van der Waals surface area contributed by atoms with Crippen LogP contribution in [0.15, 0.2) is 170 Å². The molecule has 0 spiro atoms. The molecule has 0 saturated heterocycles. The van der Waals surface area contributed by atoms with E-state index in [1.165, 1.54) is 83.0 Å². The molecule has 12 heteroatoms. The van der Waals surface area contributed by atoms with E-state index in [0.29, 0.717) is 29.0 Å². The summed E-state index contributed by atoms with van der Waals surface area (Å²) < 4.78 is 84.2. The Morgan fingerprint density at radius 2 is 0.400 bits per heavy atom. The van der Waals surface area contributed by atoms with E-state index in [0.717, 1.165) is 35.6 Å². The van der Waals surface area contributed by atoms with Crippen LogP contribution in [0.1, 0.15) is 402 Å². The van der Waals surface area contributed by atoms with Crippen LogP contribution in [-0.4, -0.2) is 129 Å². The van der Waals surface area contributed by atoms with Crippen LogP contribution in [-0.2, 0) is 0 Å². The number of anilines is 10. The Hall–Kier alpha value is -8.64. The standard InChI is InChI=1S/2C31H50N2.C20H36N2.2C16H28N2.C14H22O2/c2*1-22-17-15-18-23(2)26(22)32(28(5,6)7)30(11,12)21-31(13,14)33(29(8,9)10)27-24(3)19-16-20-25(27)4;1-15(2)21(19(5,6)7)17-13-11-12-14-18(17)22(16(3)4)20(8,9)10;2*1-15(2,3)17(7)13-11-9-10-12-14(13)18(8)16(4,5)6;1-13(2,3)15-11-9-7-8-10-12(11)16-14(4,5)6/h2*15-20H,21H2,1-14H3;11-16H,1-10H3;2*9-12H,1-8H3;7-10H,1-6H3/i1D3;;;7D3,8D3;;. The Morgan fingerprint density at radius 3 is 0.564 bits per heavy atom. The molecule has 8 aromatic carbocycles. The lowest BCUT2D eigenvalue weighted by Crippen LogP contribution is -2.62. The third-order valence-electron chi connectivity index (χ3n) is 25.2. The molecule has 8 aromatic rings. The molecule has 140 heavy (non-hydrogen) atoms. The number of benzene rings is 8. The Morgan fingerprint density at radius 1 is 0.221 bits per heavy atom. The largest absolute Gasteiger partial charge is 0.484 e. The van der Waals surface area contributed by atoms with Gasteiger partial charge in [0.05, 0.1) is 34.1 Å². The predicted molar refractivity (Wildman–Crippen MR) is 632 cm³/mol. The molecular formula is C128H214N10O2. The van der Waals surface area contributed by atoms with Crippen molar-refractivity contribution in [3.8, 4) is 11.5 Å². The summed E-state index contributed by atoms with van der Waals surface area (Å²) in [5.41, 5.74) is 17.6. The fourth-order valence-corrected chi connectivity index (χ4v) is 21.3. The van der Waals surface area contributed by atoms with Gasteiger partial charge in [-0.3, -0.25) is 0 Å². The van der Waals surface area contributed by atoms with Crippen molar-refractivity contribution >= 4 is 56.9 Å². The number of hydrogen-bond acceptors (Lipinski definition) is 12. The number of aryl methyl sites for hydroxylation is 8. The minimum atomic E-state index is -2.40. The summed E-state index contributed by atoms with van der Waals surface area (Å²) in [6, 6.07) is 58.5. The van der Waals surface area contributed by atoms with Crippen LogP contribution in [0, 0.1) is 55.3 Å². The zero-order valence-electron chi connectivity index (χ0n) is 110. The lowest BCUT2D eigenvalue weighted by molar-refractivity contribution is 0.0958. The summed E-state index contributed by atoms with van der Waals surface area (Å²) in [6.45, 7) is 114.